The van der Waals surface area contributed by atoms with Gasteiger partial charge in [0.25, 0.3) is 0 Å². The molecule has 22 heavy (non-hydrogen) atoms. The standard InChI is InChI=1S/C14H10BrN3O3S/c1-6-4-7(2-3-9(6)15)17-14-18-12-11(22-14)10(19)8(5-16-12)13(20)21/h2-5H,1H3,(H,20,21)(H2,16,17,18,19). The number of aromatic carboxylic acids is 1. The van der Waals surface area contributed by atoms with Gasteiger partial charge in [-0.3, -0.25) is 4.79 Å². The molecular weight excluding hydrogens is 370 g/mol. The predicted molar refractivity (Wildman–Crippen MR) is 89.4 cm³/mol. The van der Waals surface area contributed by atoms with Gasteiger partial charge in [0, 0.05) is 16.4 Å². The maximum atomic E-state index is 12.1. The number of nitrogens with one attached hydrogen (secondary N) is 2. The number of rotatable bonds is 3. The SMILES string of the molecule is Cc1cc(Nc2nc3[nH]cc(C(=O)O)c(=O)c3s2)ccc1Br. The molecule has 0 atom stereocenters. The van der Waals surface area contributed by atoms with Crippen molar-refractivity contribution in [2.75, 3.05) is 5.32 Å². The molecule has 0 radical (unpaired) electrons. The summed E-state index contributed by atoms with van der Waals surface area (Å²) in [6.07, 6.45) is 1.17. The molecule has 112 valence electrons. The van der Waals surface area contributed by atoms with Crippen LogP contribution in [-0.2, 0) is 0 Å². The minimum Gasteiger partial charge on any atom is -0.477 e. The van der Waals surface area contributed by atoms with E-state index >= 15 is 0 Å². The molecule has 2 heterocycles. The van der Waals surface area contributed by atoms with E-state index < -0.39 is 11.4 Å². The van der Waals surface area contributed by atoms with Crippen molar-refractivity contribution in [1.29, 1.82) is 0 Å². The van der Waals surface area contributed by atoms with E-state index in [0.717, 1.165) is 27.1 Å². The molecule has 3 aromatic rings. The van der Waals surface area contributed by atoms with Crippen molar-refractivity contribution in [3.63, 3.8) is 0 Å². The van der Waals surface area contributed by atoms with E-state index in [1.807, 2.05) is 25.1 Å². The molecule has 3 N–H and O–H groups in total. The Labute approximate surface area is 137 Å². The lowest BCUT2D eigenvalue weighted by atomic mass is 10.2. The van der Waals surface area contributed by atoms with Crippen molar-refractivity contribution in [3.05, 3.63) is 50.2 Å². The lowest BCUT2D eigenvalue weighted by molar-refractivity contribution is 0.0695. The first-order valence-corrected chi connectivity index (χ1v) is 7.85. The molecule has 0 unspecified atom stereocenters. The fourth-order valence-corrected chi connectivity index (χ4v) is 3.11. The number of thiazole rings is 1. The van der Waals surface area contributed by atoms with Gasteiger partial charge < -0.3 is 15.4 Å². The molecule has 0 aliphatic rings. The van der Waals surface area contributed by atoms with Gasteiger partial charge >= 0.3 is 5.97 Å². The van der Waals surface area contributed by atoms with Crippen LogP contribution in [0.15, 0.2) is 33.7 Å². The molecule has 0 bridgehead atoms. The molecule has 0 aliphatic heterocycles. The summed E-state index contributed by atoms with van der Waals surface area (Å²) < 4.78 is 1.29. The smallest absolute Gasteiger partial charge is 0.341 e. The number of H-pyrrole nitrogens is 1. The second-order valence-electron chi connectivity index (χ2n) is 4.62. The topological polar surface area (TPSA) is 95.1 Å². The average molecular weight is 380 g/mol. The summed E-state index contributed by atoms with van der Waals surface area (Å²) in [5.74, 6) is -1.26. The highest BCUT2D eigenvalue weighted by molar-refractivity contribution is 9.10. The van der Waals surface area contributed by atoms with Crippen LogP contribution in [0.25, 0.3) is 10.3 Å². The monoisotopic (exact) mass is 379 g/mol. The number of nitrogens with zero attached hydrogens (tertiary/aromatic N) is 1. The van der Waals surface area contributed by atoms with Gasteiger partial charge in [0.15, 0.2) is 10.8 Å². The number of halogens is 1. The molecule has 2 aromatic heterocycles. The summed E-state index contributed by atoms with van der Waals surface area (Å²) >= 11 is 4.55. The molecule has 0 amide bonds. The summed E-state index contributed by atoms with van der Waals surface area (Å²) in [7, 11) is 0. The quantitative estimate of drug-likeness (QED) is 0.647. The molecule has 8 heteroatoms. The van der Waals surface area contributed by atoms with Gasteiger partial charge in [-0.1, -0.05) is 27.3 Å². The van der Waals surface area contributed by atoms with Crippen molar-refractivity contribution in [3.8, 4) is 0 Å². The maximum absolute atomic E-state index is 12.1. The zero-order valence-corrected chi connectivity index (χ0v) is 13.7. The normalized spacial score (nSPS) is 10.8. The third-order valence-corrected chi connectivity index (χ3v) is 4.93. The number of benzene rings is 1. The van der Waals surface area contributed by atoms with Crippen LogP contribution in [0.3, 0.4) is 0 Å². The molecule has 6 nitrogen and oxygen atoms in total. The Morgan fingerprint density at radius 3 is 2.91 bits per heavy atom. The molecule has 0 aliphatic carbocycles. The van der Waals surface area contributed by atoms with Crippen LogP contribution in [0.2, 0.25) is 0 Å². The van der Waals surface area contributed by atoms with Crippen molar-refractivity contribution < 1.29 is 9.90 Å². The van der Waals surface area contributed by atoms with Gasteiger partial charge in [0.05, 0.1) is 0 Å². The predicted octanol–water partition coefficient (Wildman–Crippen LogP) is 3.50. The molecule has 3 rings (SSSR count). The van der Waals surface area contributed by atoms with Crippen molar-refractivity contribution in [2.45, 2.75) is 6.92 Å². The van der Waals surface area contributed by atoms with Crippen LogP contribution >= 0.6 is 27.3 Å². The van der Waals surface area contributed by atoms with E-state index in [-0.39, 0.29) is 10.3 Å². The molecule has 0 spiro atoms. The number of hydrogen-bond donors (Lipinski definition) is 3. The lowest BCUT2D eigenvalue weighted by Crippen LogP contribution is -2.14. The number of pyridine rings is 1. The van der Waals surface area contributed by atoms with Crippen molar-refractivity contribution in [1.82, 2.24) is 9.97 Å². The second kappa shape index (κ2) is 5.54. The second-order valence-corrected chi connectivity index (χ2v) is 6.48. The number of carbonyl (C=O) groups is 1. The largest absolute Gasteiger partial charge is 0.477 e. The van der Waals surface area contributed by atoms with E-state index in [2.05, 4.69) is 31.2 Å². The Bertz CT molecular complexity index is 948. The van der Waals surface area contributed by atoms with Crippen LogP contribution in [0, 0.1) is 6.92 Å². The molecule has 0 saturated carbocycles. The third-order valence-electron chi connectivity index (χ3n) is 3.07. The molecule has 0 saturated heterocycles. The number of aromatic amines is 1. The van der Waals surface area contributed by atoms with Crippen molar-refractivity contribution in [2.24, 2.45) is 0 Å². The summed E-state index contributed by atoms with van der Waals surface area (Å²) in [6, 6.07) is 5.74. The highest BCUT2D eigenvalue weighted by atomic mass is 79.9. The highest BCUT2D eigenvalue weighted by Gasteiger charge is 2.15. The average Bonchev–Trinajstić information content (AvgIpc) is 2.86. The Balaban J connectivity index is 2.02. The molecule has 1 aromatic carbocycles. The van der Waals surface area contributed by atoms with E-state index in [9.17, 15) is 9.59 Å². The van der Waals surface area contributed by atoms with Crippen LogP contribution < -0.4 is 10.7 Å². The summed E-state index contributed by atoms with van der Waals surface area (Å²) in [5.41, 5.74) is 1.46. The zero-order valence-electron chi connectivity index (χ0n) is 11.3. The molecule has 0 fully saturated rings. The van der Waals surface area contributed by atoms with E-state index in [1.54, 1.807) is 0 Å². The first kappa shape index (κ1) is 14.7. The van der Waals surface area contributed by atoms with Gasteiger partial charge in [-0.25, -0.2) is 9.78 Å². The van der Waals surface area contributed by atoms with Crippen LogP contribution in [0.1, 0.15) is 15.9 Å². The van der Waals surface area contributed by atoms with Gasteiger partial charge in [-0.05, 0) is 30.7 Å². The number of aryl methyl sites for hydroxylation is 1. The number of aromatic nitrogens is 2. The fraction of sp³-hybridized carbons (Fsp3) is 0.0714. The lowest BCUT2D eigenvalue weighted by Gasteiger charge is -2.04. The fourth-order valence-electron chi connectivity index (χ4n) is 1.96. The Morgan fingerprint density at radius 2 is 2.23 bits per heavy atom. The number of carboxylic acid groups (broad SMARTS) is 1. The highest BCUT2D eigenvalue weighted by Crippen LogP contribution is 2.27. The maximum Gasteiger partial charge on any atom is 0.341 e. The number of carboxylic acids is 1. The van der Waals surface area contributed by atoms with Gasteiger partial charge in [-0.15, -0.1) is 0 Å². The summed E-state index contributed by atoms with van der Waals surface area (Å²) in [4.78, 5) is 30.1. The first-order valence-electron chi connectivity index (χ1n) is 6.24. The van der Waals surface area contributed by atoms with Crippen LogP contribution in [0.5, 0.6) is 0 Å². The minimum absolute atomic E-state index is 0.288. The Kier molecular flexibility index (Phi) is 3.71. The van der Waals surface area contributed by atoms with Crippen LogP contribution in [0.4, 0.5) is 10.8 Å². The van der Waals surface area contributed by atoms with Gasteiger partial charge in [0.2, 0.25) is 5.43 Å². The van der Waals surface area contributed by atoms with Crippen LogP contribution in [-0.4, -0.2) is 21.0 Å². The van der Waals surface area contributed by atoms with Gasteiger partial charge in [0.1, 0.15) is 10.3 Å². The van der Waals surface area contributed by atoms with Gasteiger partial charge in [-0.2, -0.15) is 0 Å². The summed E-state index contributed by atoms with van der Waals surface area (Å²) in [5, 5.41) is 12.6. The first-order chi connectivity index (χ1) is 10.5. The minimum atomic E-state index is -1.26. The Morgan fingerprint density at radius 1 is 1.45 bits per heavy atom. The van der Waals surface area contributed by atoms with E-state index in [4.69, 9.17) is 5.11 Å². The van der Waals surface area contributed by atoms with E-state index in [0.29, 0.717) is 10.8 Å². The Hall–Kier alpha value is -2.19. The molecular formula is C14H10BrN3O3S. The zero-order chi connectivity index (χ0) is 15.9. The number of fused-ring (bicyclic) bond motifs is 1. The number of hydrogen-bond acceptors (Lipinski definition) is 5. The third kappa shape index (κ3) is 2.62. The summed E-state index contributed by atoms with van der Waals surface area (Å²) in [6.45, 7) is 1.97. The van der Waals surface area contributed by atoms with E-state index in [1.165, 1.54) is 6.20 Å². The van der Waals surface area contributed by atoms with Crippen molar-refractivity contribution >= 4 is 54.4 Å². The number of anilines is 2.